The summed E-state index contributed by atoms with van der Waals surface area (Å²) in [6, 6.07) is 0. The summed E-state index contributed by atoms with van der Waals surface area (Å²) in [6.45, 7) is 5.55. The molecule has 0 amide bonds. The predicted molar refractivity (Wildman–Crippen MR) is 75.8 cm³/mol. The van der Waals surface area contributed by atoms with Gasteiger partial charge in [-0.3, -0.25) is 10.00 Å². The standard InChI is InChI=1S/C15H26N4/c1-2-13-16-14(18-17-13)11-19-10-6-9-15(12-19)7-4-3-5-8-15/h2-12H2,1H3,(H,16,17,18). The number of nitrogens with one attached hydrogen (secondary N) is 1. The third-order valence-corrected chi connectivity index (χ3v) is 4.92. The molecule has 0 aromatic carbocycles. The lowest BCUT2D eigenvalue weighted by molar-refractivity contribution is 0.0480. The Morgan fingerprint density at radius 2 is 1.95 bits per heavy atom. The molecule has 106 valence electrons. The molecule has 1 saturated heterocycles. The molecule has 2 aliphatic rings. The van der Waals surface area contributed by atoms with Gasteiger partial charge in [0.1, 0.15) is 11.6 Å². The van der Waals surface area contributed by atoms with Crippen molar-refractivity contribution in [2.24, 2.45) is 5.41 Å². The fraction of sp³-hybridized carbons (Fsp3) is 0.867. The number of rotatable bonds is 3. The first-order valence-corrected chi connectivity index (χ1v) is 7.92. The largest absolute Gasteiger partial charge is 0.295 e. The van der Waals surface area contributed by atoms with Crippen molar-refractivity contribution in [1.29, 1.82) is 0 Å². The van der Waals surface area contributed by atoms with Crippen LogP contribution in [0.3, 0.4) is 0 Å². The van der Waals surface area contributed by atoms with Crippen LogP contribution in [0.5, 0.6) is 0 Å². The van der Waals surface area contributed by atoms with E-state index in [0.29, 0.717) is 5.41 Å². The van der Waals surface area contributed by atoms with Crippen molar-refractivity contribution in [2.75, 3.05) is 13.1 Å². The lowest BCUT2D eigenvalue weighted by Gasteiger charge is -2.45. The second kappa shape index (κ2) is 5.61. The highest BCUT2D eigenvalue weighted by Gasteiger charge is 2.36. The van der Waals surface area contributed by atoms with E-state index in [4.69, 9.17) is 0 Å². The minimum atomic E-state index is 0.629. The second-order valence-corrected chi connectivity index (χ2v) is 6.43. The normalized spacial score (nSPS) is 23.8. The maximum atomic E-state index is 4.55. The lowest BCUT2D eigenvalue weighted by atomic mass is 9.69. The van der Waals surface area contributed by atoms with E-state index in [1.54, 1.807) is 0 Å². The molecule has 3 rings (SSSR count). The first-order chi connectivity index (χ1) is 9.30. The molecule has 1 saturated carbocycles. The van der Waals surface area contributed by atoms with Crippen molar-refractivity contribution in [1.82, 2.24) is 20.1 Å². The van der Waals surface area contributed by atoms with Crippen LogP contribution in [0.25, 0.3) is 0 Å². The van der Waals surface area contributed by atoms with Crippen LogP contribution in [0.4, 0.5) is 0 Å². The van der Waals surface area contributed by atoms with Crippen LogP contribution in [-0.2, 0) is 13.0 Å². The highest BCUT2D eigenvalue weighted by Crippen LogP contribution is 2.43. The summed E-state index contributed by atoms with van der Waals surface area (Å²) in [5, 5.41) is 7.33. The molecule has 1 aliphatic heterocycles. The average Bonchev–Trinajstić information content (AvgIpc) is 2.87. The molecule has 1 N–H and O–H groups in total. The van der Waals surface area contributed by atoms with Gasteiger partial charge in [-0.25, -0.2) is 4.98 Å². The van der Waals surface area contributed by atoms with Crippen LogP contribution < -0.4 is 0 Å². The predicted octanol–water partition coefficient (Wildman–Crippen LogP) is 2.91. The molecule has 19 heavy (non-hydrogen) atoms. The van der Waals surface area contributed by atoms with Gasteiger partial charge in [0.05, 0.1) is 6.54 Å². The fourth-order valence-corrected chi connectivity index (χ4v) is 3.93. The van der Waals surface area contributed by atoms with Crippen molar-refractivity contribution in [3.8, 4) is 0 Å². The molecule has 4 nitrogen and oxygen atoms in total. The maximum Gasteiger partial charge on any atom is 0.150 e. The quantitative estimate of drug-likeness (QED) is 0.911. The first-order valence-electron chi connectivity index (χ1n) is 7.92. The molecule has 0 radical (unpaired) electrons. The summed E-state index contributed by atoms with van der Waals surface area (Å²) in [5.41, 5.74) is 0.629. The van der Waals surface area contributed by atoms with Crippen molar-refractivity contribution in [2.45, 2.75) is 64.8 Å². The number of piperidine rings is 1. The Morgan fingerprint density at radius 3 is 2.68 bits per heavy atom. The lowest BCUT2D eigenvalue weighted by Crippen LogP contribution is -2.44. The molecule has 2 heterocycles. The van der Waals surface area contributed by atoms with Gasteiger partial charge in [-0.15, -0.1) is 0 Å². The van der Waals surface area contributed by atoms with E-state index in [-0.39, 0.29) is 0 Å². The number of aromatic nitrogens is 3. The van der Waals surface area contributed by atoms with Crippen LogP contribution in [0.15, 0.2) is 0 Å². The van der Waals surface area contributed by atoms with E-state index in [1.165, 1.54) is 58.0 Å². The van der Waals surface area contributed by atoms with Crippen LogP contribution in [0.2, 0.25) is 0 Å². The van der Waals surface area contributed by atoms with Crippen LogP contribution in [-0.4, -0.2) is 33.2 Å². The number of likely N-dealkylation sites (tertiary alicyclic amines) is 1. The van der Waals surface area contributed by atoms with E-state index >= 15 is 0 Å². The number of aromatic amines is 1. The summed E-state index contributed by atoms with van der Waals surface area (Å²) in [7, 11) is 0. The molecule has 1 aliphatic carbocycles. The maximum absolute atomic E-state index is 4.55. The van der Waals surface area contributed by atoms with E-state index in [0.717, 1.165) is 24.6 Å². The summed E-state index contributed by atoms with van der Waals surface area (Å²) >= 11 is 0. The van der Waals surface area contributed by atoms with Crippen LogP contribution >= 0.6 is 0 Å². The summed E-state index contributed by atoms with van der Waals surface area (Å²) in [4.78, 5) is 7.14. The Labute approximate surface area is 116 Å². The van der Waals surface area contributed by atoms with Crippen LogP contribution in [0, 0.1) is 5.41 Å². The molecule has 0 unspecified atom stereocenters. The zero-order valence-electron chi connectivity index (χ0n) is 12.1. The number of nitrogens with zero attached hydrogens (tertiary/aromatic N) is 3. The van der Waals surface area contributed by atoms with Gasteiger partial charge in [0.2, 0.25) is 0 Å². The molecule has 4 heteroatoms. The number of hydrogen-bond acceptors (Lipinski definition) is 3. The van der Waals surface area contributed by atoms with E-state index in [2.05, 4.69) is 27.0 Å². The molecule has 1 spiro atoms. The van der Waals surface area contributed by atoms with Gasteiger partial charge in [0.25, 0.3) is 0 Å². The molecule has 2 fully saturated rings. The number of H-pyrrole nitrogens is 1. The van der Waals surface area contributed by atoms with Crippen molar-refractivity contribution < 1.29 is 0 Å². The molecule has 1 aromatic heterocycles. The Hall–Kier alpha value is -0.900. The van der Waals surface area contributed by atoms with Gasteiger partial charge in [-0.2, -0.15) is 5.10 Å². The molecule has 0 bridgehead atoms. The van der Waals surface area contributed by atoms with Crippen LogP contribution in [0.1, 0.15) is 63.5 Å². The Morgan fingerprint density at radius 1 is 1.16 bits per heavy atom. The fourth-order valence-electron chi connectivity index (χ4n) is 3.93. The zero-order valence-corrected chi connectivity index (χ0v) is 12.1. The Bertz CT molecular complexity index is 401. The monoisotopic (exact) mass is 262 g/mol. The van der Waals surface area contributed by atoms with Gasteiger partial charge in [-0.05, 0) is 37.6 Å². The van der Waals surface area contributed by atoms with Gasteiger partial charge < -0.3 is 0 Å². The molecule has 0 atom stereocenters. The summed E-state index contributed by atoms with van der Waals surface area (Å²) in [5.74, 6) is 1.99. The highest BCUT2D eigenvalue weighted by molar-refractivity contribution is 4.94. The average molecular weight is 262 g/mol. The Balaban J connectivity index is 1.61. The first kappa shape index (κ1) is 13.1. The smallest absolute Gasteiger partial charge is 0.150 e. The van der Waals surface area contributed by atoms with Gasteiger partial charge >= 0.3 is 0 Å². The van der Waals surface area contributed by atoms with E-state index in [1.807, 2.05) is 0 Å². The molecular formula is C15H26N4. The van der Waals surface area contributed by atoms with Crippen molar-refractivity contribution in [3.05, 3.63) is 11.6 Å². The highest BCUT2D eigenvalue weighted by atomic mass is 15.3. The minimum Gasteiger partial charge on any atom is -0.295 e. The van der Waals surface area contributed by atoms with E-state index < -0.39 is 0 Å². The van der Waals surface area contributed by atoms with Crippen molar-refractivity contribution in [3.63, 3.8) is 0 Å². The zero-order chi connectivity index (χ0) is 13.1. The second-order valence-electron chi connectivity index (χ2n) is 6.43. The van der Waals surface area contributed by atoms with Crippen molar-refractivity contribution >= 4 is 0 Å². The third-order valence-electron chi connectivity index (χ3n) is 4.92. The molecule has 1 aromatic rings. The molecular weight excluding hydrogens is 236 g/mol. The van der Waals surface area contributed by atoms with E-state index in [9.17, 15) is 0 Å². The Kier molecular flexibility index (Phi) is 3.87. The van der Waals surface area contributed by atoms with Gasteiger partial charge in [0.15, 0.2) is 0 Å². The SMILES string of the molecule is CCc1n[nH]c(CN2CCCC3(CCCCC3)C2)n1. The summed E-state index contributed by atoms with van der Waals surface area (Å²) in [6.07, 6.45) is 10.9. The summed E-state index contributed by atoms with van der Waals surface area (Å²) < 4.78 is 0. The van der Waals surface area contributed by atoms with Gasteiger partial charge in [-0.1, -0.05) is 26.2 Å². The third kappa shape index (κ3) is 2.99. The minimum absolute atomic E-state index is 0.629. The number of hydrogen-bond donors (Lipinski definition) is 1. The number of aryl methyl sites for hydroxylation is 1. The van der Waals surface area contributed by atoms with Gasteiger partial charge in [0, 0.05) is 13.0 Å². The topological polar surface area (TPSA) is 44.8 Å².